The zero-order chi connectivity index (χ0) is 16.1. The van der Waals surface area contributed by atoms with E-state index >= 15 is 0 Å². The van der Waals surface area contributed by atoms with Gasteiger partial charge < -0.3 is 5.32 Å². The van der Waals surface area contributed by atoms with Crippen LogP contribution in [0.15, 0.2) is 18.2 Å². The molecular weight excluding hydrogens is 328 g/mol. The highest BCUT2D eigenvalue weighted by atomic mass is 35.5. The number of benzene rings is 1. The summed E-state index contributed by atoms with van der Waals surface area (Å²) < 4.78 is 24.9. The molecule has 1 saturated carbocycles. The molecule has 1 aromatic rings. The van der Waals surface area contributed by atoms with Crippen molar-refractivity contribution < 1.29 is 18.0 Å². The highest BCUT2D eigenvalue weighted by molar-refractivity contribution is 7.94. The lowest BCUT2D eigenvalue weighted by molar-refractivity contribution is -0.119. The molecule has 1 saturated heterocycles. The average Bonchev–Trinajstić information content (AvgIpc) is 3.18. The van der Waals surface area contributed by atoms with E-state index in [1.807, 2.05) is 0 Å². The molecule has 0 spiro atoms. The number of anilines is 1. The van der Waals surface area contributed by atoms with E-state index < -0.39 is 21.8 Å². The molecule has 1 aliphatic carbocycles. The van der Waals surface area contributed by atoms with Gasteiger partial charge in [0.2, 0.25) is 15.9 Å². The molecule has 2 aliphatic rings. The standard InChI is InChI=1S/C14H15ClN2O4S/c1-8-7-22(20,21)17(14(8)19)10-4-5-11(12(15)6-10)13(18)16-9-2-3-9/h4-6,8-9H,2-3,7H2,1H3,(H,16,18)/t8-/m1/s1. The number of amides is 2. The van der Waals surface area contributed by atoms with Crippen LogP contribution in [0.3, 0.4) is 0 Å². The highest BCUT2D eigenvalue weighted by Crippen LogP contribution is 2.31. The van der Waals surface area contributed by atoms with Crippen molar-refractivity contribution in [2.24, 2.45) is 5.92 Å². The average molecular weight is 343 g/mol. The van der Waals surface area contributed by atoms with Crippen molar-refractivity contribution in [3.05, 3.63) is 28.8 Å². The second-order valence-electron chi connectivity index (χ2n) is 5.69. The number of carbonyl (C=O) groups excluding carboxylic acids is 2. The molecule has 3 rings (SSSR count). The molecule has 1 aliphatic heterocycles. The van der Waals surface area contributed by atoms with Gasteiger partial charge in [-0.2, -0.15) is 0 Å². The summed E-state index contributed by atoms with van der Waals surface area (Å²) >= 11 is 6.09. The monoisotopic (exact) mass is 342 g/mol. The van der Waals surface area contributed by atoms with E-state index in [4.69, 9.17) is 11.6 Å². The molecule has 2 fully saturated rings. The molecule has 118 valence electrons. The first-order valence-corrected chi connectivity index (χ1v) is 8.95. The molecular formula is C14H15ClN2O4S. The van der Waals surface area contributed by atoms with Crippen molar-refractivity contribution in [1.82, 2.24) is 5.32 Å². The molecule has 1 atom stereocenters. The molecule has 1 aromatic carbocycles. The first-order valence-electron chi connectivity index (χ1n) is 6.97. The van der Waals surface area contributed by atoms with Crippen LogP contribution in [-0.2, 0) is 14.8 Å². The lowest BCUT2D eigenvalue weighted by atomic mass is 10.1. The number of nitrogens with zero attached hydrogens (tertiary/aromatic N) is 1. The van der Waals surface area contributed by atoms with Gasteiger partial charge in [0, 0.05) is 6.04 Å². The van der Waals surface area contributed by atoms with Gasteiger partial charge in [0.25, 0.3) is 5.91 Å². The molecule has 1 N–H and O–H groups in total. The summed E-state index contributed by atoms with van der Waals surface area (Å²) in [5.41, 5.74) is 0.441. The van der Waals surface area contributed by atoms with Crippen LogP contribution in [-0.4, -0.2) is 32.0 Å². The molecule has 8 heteroatoms. The smallest absolute Gasteiger partial charge is 0.253 e. The quantitative estimate of drug-likeness (QED) is 0.903. The first-order chi connectivity index (χ1) is 10.3. The van der Waals surface area contributed by atoms with Crippen LogP contribution in [0.2, 0.25) is 5.02 Å². The maximum atomic E-state index is 12.0. The normalized spacial score (nSPS) is 23.6. The maximum absolute atomic E-state index is 12.0. The Balaban J connectivity index is 1.91. The van der Waals surface area contributed by atoms with Gasteiger partial charge in [-0.1, -0.05) is 18.5 Å². The van der Waals surface area contributed by atoms with Gasteiger partial charge in [-0.15, -0.1) is 0 Å². The molecule has 0 radical (unpaired) electrons. The van der Waals surface area contributed by atoms with Gasteiger partial charge >= 0.3 is 0 Å². The Hall–Kier alpha value is -1.60. The molecule has 0 aromatic heterocycles. The molecule has 6 nitrogen and oxygen atoms in total. The Morgan fingerprint density at radius 2 is 2.05 bits per heavy atom. The van der Waals surface area contributed by atoms with Gasteiger partial charge in [-0.05, 0) is 31.0 Å². The highest BCUT2D eigenvalue weighted by Gasteiger charge is 2.42. The van der Waals surface area contributed by atoms with Crippen molar-refractivity contribution in [3.63, 3.8) is 0 Å². The van der Waals surface area contributed by atoms with Crippen LogP contribution in [0.25, 0.3) is 0 Å². The van der Waals surface area contributed by atoms with Crippen molar-refractivity contribution in [1.29, 1.82) is 0 Å². The van der Waals surface area contributed by atoms with Crippen LogP contribution in [0.1, 0.15) is 30.1 Å². The molecule has 22 heavy (non-hydrogen) atoms. The topological polar surface area (TPSA) is 83.6 Å². The predicted molar refractivity (Wildman–Crippen MR) is 82.4 cm³/mol. The minimum atomic E-state index is -3.67. The third-order valence-corrected chi connectivity index (χ3v) is 5.89. The second-order valence-corrected chi connectivity index (χ2v) is 7.96. The van der Waals surface area contributed by atoms with E-state index in [2.05, 4.69) is 5.32 Å². The summed E-state index contributed by atoms with van der Waals surface area (Å²) in [5, 5.41) is 2.93. The van der Waals surface area contributed by atoms with Gasteiger partial charge in [-0.3, -0.25) is 9.59 Å². The third kappa shape index (κ3) is 2.70. The second kappa shape index (κ2) is 5.24. The van der Waals surface area contributed by atoms with Crippen LogP contribution < -0.4 is 9.62 Å². The van der Waals surface area contributed by atoms with Gasteiger partial charge in [0.15, 0.2) is 0 Å². The van der Waals surface area contributed by atoms with Crippen molar-refractivity contribution in [2.75, 3.05) is 10.1 Å². The minimum absolute atomic E-state index is 0.123. The van der Waals surface area contributed by atoms with Crippen molar-refractivity contribution >= 4 is 39.1 Å². The van der Waals surface area contributed by atoms with Crippen molar-refractivity contribution in [2.45, 2.75) is 25.8 Å². The van der Waals surface area contributed by atoms with Crippen LogP contribution in [0.5, 0.6) is 0 Å². The van der Waals surface area contributed by atoms with Crippen LogP contribution in [0, 0.1) is 5.92 Å². The summed E-state index contributed by atoms with van der Waals surface area (Å²) in [6.45, 7) is 1.57. The van der Waals surface area contributed by atoms with Gasteiger partial charge in [0.05, 0.1) is 27.9 Å². The zero-order valence-corrected chi connectivity index (χ0v) is 13.4. The fourth-order valence-corrected chi connectivity index (χ4v) is 4.47. The molecule has 2 amide bonds. The summed E-state index contributed by atoms with van der Waals surface area (Å²) in [6.07, 6.45) is 1.92. The lowest BCUT2D eigenvalue weighted by Gasteiger charge is -2.16. The number of carbonyl (C=O) groups is 2. The third-order valence-electron chi connectivity index (χ3n) is 3.70. The molecule has 0 bridgehead atoms. The van der Waals surface area contributed by atoms with E-state index in [-0.39, 0.29) is 34.0 Å². The van der Waals surface area contributed by atoms with Crippen LogP contribution >= 0.6 is 11.6 Å². The number of sulfonamides is 1. The van der Waals surface area contributed by atoms with Crippen molar-refractivity contribution in [3.8, 4) is 0 Å². The fraction of sp³-hybridized carbons (Fsp3) is 0.429. The molecule has 1 heterocycles. The zero-order valence-electron chi connectivity index (χ0n) is 11.9. The maximum Gasteiger partial charge on any atom is 0.253 e. The van der Waals surface area contributed by atoms with E-state index in [0.29, 0.717) is 0 Å². The Morgan fingerprint density at radius 1 is 1.36 bits per heavy atom. The Labute approximate surface area is 133 Å². The predicted octanol–water partition coefficient (Wildman–Crippen LogP) is 1.54. The summed E-state index contributed by atoms with van der Waals surface area (Å²) in [4.78, 5) is 24.0. The van der Waals surface area contributed by atoms with E-state index in [0.717, 1.165) is 17.1 Å². The van der Waals surface area contributed by atoms with E-state index in [1.165, 1.54) is 18.2 Å². The van der Waals surface area contributed by atoms with E-state index in [1.54, 1.807) is 6.92 Å². The first kappa shape index (κ1) is 15.3. The number of hydrogen-bond donors (Lipinski definition) is 1. The summed E-state index contributed by atoms with van der Waals surface area (Å²) in [5.74, 6) is -1.57. The van der Waals surface area contributed by atoms with Crippen LogP contribution in [0.4, 0.5) is 5.69 Å². The number of hydrogen-bond acceptors (Lipinski definition) is 4. The van der Waals surface area contributed by atoms with Gasteiger partial charge in [-0.25, -0.2) is 12.7 Å². The Kier molecular flexibility index (Phi) is 3.65. The Morgan fingerprint density at radius 3 is 2.55 bits per heavy atom. The number of halogens is 1. The number of nitrogens with one attached hydrogen (secondary N) is 1. The van der Waals surface area contributed by atoms with Gasteiger partial charge in [0.1, 0.15) is 0 Å². The summed E-state index contributed by atoms with van der Waals surface area (Å²) in [6, 6.07) is 4.42. The fourth-order valence-electron chi connectivity index (χ4n) is 2.39. The minimum Gasteiger partial charge on any atom is -0.349 e. The summed E-state index contributed by atoms with van der Waals surface area (Å²) in [7, 11) is -3.67. The number of rotatable bonds is 3. The van der Waals surface area contributed by atoms with E-state index in [9.17, 15) is 18.0 Å². The largest absolute Gasteiger partial charge is 0.349 e. The molecule has 0 unspecified atom stereocenters. The lowest BCUT2D eigenvalue weighted by Crippen LogP contribution is -2.30. The Bertz CT molecular complexity index is 758. The SMILES string of the molecule is C[C@@H]1CS(=O)(=O)N(c2ccc(C(=O)NC3CC3)c(Cl)c2)C1=O.